The van der Waals surface area contributed by atoms with Crippen molar-refractivity contribution in [2.45, 2.75) is 24.7 Å². The minimum atomic E-state index is -3.79. The number of rotatable bonds is 3. The first-order chi connectivity index (χ1) is 6.90. The Kier molecular flexibility index (Phi) is 3.76. The zero-order valence-corrected chi connectivity index (χ0v) is 10.1. The smallest absolute Gasteiger partial charge is 0.264 e. The molecular weight excluding hydrogens is 236 g/mol. The summed E-state index contributed by atoms with van der Waals surface area (Å²) in [6, 6.07) is 4.68. The van der Waals surface area contributed by atoms with Crippen LogP contribution in [0.5, 0.6) is 0 Å². The molecule has 0 bridgehead atoms. The van der Waals surface area contributed by atoms with Crippen LogP contribution in [0.1, 0.15) is 25.3 Å². The van der Waals surface area contributed by atoms with Crippen molar-refractivity contribution in [1.82, 2.24) is 0 Å². The molecule has 1 aromatic rings. The first-order valence-corrected chi connectivity index (χ1v) is 6.16. The van der Waals surface area contributed by atoms with Gasteiger partial charge in [0.15, 0.2) is 0 Å². The minimum Gasteiger partial charge on any atom is -0.264 e. The molecule has 0 saturated carbocycles. The van der Waals surface area contributed by atoms with Gasteiger partial charge in [-0.15, -0.1) is 0 Å². The molecule has 0 fully saturated rings. The van der Waals surface area contributed by atoms with Gasteiger partial charge in [0.25, 0.3) is 10.1 Å². The first kappa shape index (κ1) is 12.5. The zero-order valence-electron chi connectivity index (χ0n) is 8.53. The predicted octanol–water partition coefficient (Wildman–Crippen LogP) is 2.96. The zero-order chi connectivity index (χ0) is 11.6. The van der Waals surface area contributed by atoms with Gasteiger partial charge in [0.2, 0.25) is 0 Å². The molecule has 15 heavy (non-hydrogen) atoms. The molecule has 5 heteroatoms. The third kappa shape index (κ3) is 2.51. The van der Waals surface area contributed by atoms with Crippen molar-refractivity contribution in [2.24, 2.45) is 0 Å². The molecule has 0 aliphatic rings. The number of halogens is 1. The lowest BCUT2D eigenvalue weighted by Crippen LogP contribution is -2.07. The second-order valence-corrected chi connectivity index (χ2v) is 5.37. The lowest BCUT2D eigenvalue weighted by Gasteiger charge is -2.13. The fourth-order valence-corrected chi connectivity index (χ4v) is 2.80. The van der Waals surface area contributed by atoms with Gasteiger partial charge in [0.1, 0.15) is 0 Å². The Morgan fingerprint density at radius 3 is 2.47 bits per heavy atom. The lowest BCUT2D eigenvalue weighted by atomic mass is 10.0. The van der Waals surface area contributed by atoms with Gasteiger partial charge in [-0.2, -0.15) is 8.42 Å². The van der Waals surface area contributed by atoms with E-state index in [4.69, 9.17) is 11.6 Å². The Hall–Kier alpha value is -0.580. The van der Waals surface area contributed by atoms with E-state index in [0.29, 0.717) is 10.6 Å². The van der Waals surface area contributed by atoms with Gasteiger partial charge in [0, 0.05) is 5.02 Å². The van der Waals surface area contributed by atoms with Gasteiger partial charge in [-0.3, -0.25) is 4.18 Å². The number of hydrogen-bond donors (Lipinski definition) is 0. The SMILES string of the molecule is [CH2]OS(=O)(=O)c1cccc(Cl)c1C(C)C. The average molecular weight is 248 g/mol. The summed E-state index contributed by atoms with van der Waals surface area (Å²) < 4.78 is 27.3. The molecular formula is C10H12ClO3S. The highest BCUT2D eigenvalue weighted by Crippen LogP contribution is 2.31. The van der Waals surface area contributed by atoms with Crippen LogP contribution in [0.15, 0.2) is 23.1 Å². The van der Waals surface area contributed by atoms with E-state index in [0.717, 1.165) is 0 Å². The van der Waals surface area contributed by atoms with E-state index < -0.39 is 10.1 Å². The molecule has 0 unspecified atom stereocenters. The molecule has 1 radical (unpaired) electrons. The van der Waals surface area contributed by atoms with E-state index >= 15 is 0 Å². The minimum absolute atomic E-state index is 0.00127. The monoisotopic (exact) mass is 247 g/mol. The molecule has 0 saturated heterocycles. The summed E-state index contributed by atoms with van der Waals surface area (Å²) in [7, 11) is -0.859. The van der Waals surface area contributed by atoms with E-state index in [2.05, 4.69) is 11.3 Å². The van der Waals surface area contributed by atoms with Crippen LogP contribution in [0.25, 0.3) is 0 Å². The molecule has 83 valence electrons. The third-order valence-electron chi connectivity index (χ3n) is 2.01. The highest BCUT2D eigenvalue weighted by Gasteiger charge is 2.21. The molecule has 1 rings (SSSR count). The Morgan fingerprint density at radius 1 is 1.40 bits per heavy atom. The average Bonchev–Trinajstić information content (AvgIpc) is 2.16. The summed E-state index contributed by atoms with van der Waals surface area (Å²) in [6.45, 7) is 3.73. The summed E-state index contributed by atoms with van der Waals surface area (Å²) in [6.07, 6.45) is 0. The second kappa shape index (κ2) is 4.51. The van der Waals surface area contributed by atoms with E-state index in [1.54, 1.807) is 12.1 Å². The van der Waals surface area contributed by atoms with Crippen LogP contribution in [0.2, 0.25) is 5.02 Å². The van der Waals surface area contributed by atoms with Crippen LogP contribution >= 0.6 is 11.6 Å². The van der Waals surface area contributed by atoms with E-state index in [1.807, 2.05) is 13.8 Å². The maximum absolute atomic E-state index is 11.5. The van der Waals surface area contributed by atoms with E-state index in [-0.39, 0.29) is 10.8 Å². The molecule has 0 aliphatic carbocycles. The van der Waals surface area contributed by atoms with Crippen molar-refractivity contribution in [3.05, 3.63) is 35.9 Å². The number of hydrogen-bond acceptors (Lipinski definition) is 3. The molecule has 0 aromatic heterocycles. The molecule has 1 aromatic carbocycles. The molecule has 0 aliphatic heterocycles. The van der Waals surface area contributed by atoms with Crippen LogP contribution in [0.3, 0.4) is 0 Å². The molecule has 0 atom stereocenters. The van der Waals surface area contributed by atoms with Crippen LogP contribution in [-0.2, 0) is 14.3 Å². The van der Waals surface area contributed by atoms with E-state index in [1.165, 1.54) is 6.07 Å². The lowest BCUT2D eigenvalue weighted by molar-refractivity contribution is 0.436. The van der Waals surface area contributed by atoms with E-state index in [9.17, 15) is 8.42 Å². The Balaban J connectivity index is 3.49. The van der Waals surface area contributed by atoms with Crippen LogP contribution in [-0.4, -0.2) is 8.42 Å². The normalized spacial score (nSPS) is 12.1. The Labute approximate surface area is 95.1 Å². The summed E-state index contributed by atoms with van der Waals surface area (Å²) in [4.78, 5) is 0.0833. The van der Waals surface area contributed by atoms with Gasteiger partial charge in [-0.25, -0.2) is 0 Å². The van der Waals surface area contributed by atoms with Gasteiger partial charge >= 0.3 is 0 Å². The van der Waals surface area contributed by atoms with Crippen molar-refractivity contribution >= 4 is 21.7 Å². The summed E-state index contributed by atoms with van der Waals surface area (Å²) >= 11 is 5.95. The van der Waals surface area contributed by atoms with Crippen molar-refractivity contribution in [3.63, 3.8) is 0 Å². The van der Waals surface area contributed by atoms with Crippen LogP contribution < -0.4 is 0 Å². The summed E-state index contributed by atoms with van der Waals surface area (Å²) in [5.74, 6) is -0.00127. The van der Waals surface area contributed by atoms with Gasteiger partial charge in [0.05, 0.1) is 12.0 Å². The topological polar surface area (TPSA) is 43.4 Å². The molecule has 3 nitrogen and oxygen atoms in total. The Morgan fingerprint density at radius 2 is 2.00 bits per heavy atom. The fourth-order valence-electron chi connectivity index (χ4n) is 1.36. The standard InChI is InChI=1S/C10H12ClO3S/c1-7(2)10-8(11)5-4-6-9(10)15(12,13)14-3/h4-7H,3H2,1-2H3. The van der Waals surface area contributed by atoms with Crippen molar-refractivity contribution < 1.29 is 12.6 Å². The van der Waals surface area contributed by atoms with Gasteiger partial charge in [-0.1, -0.05) is 31.5 Å². The van der Waals surface area contributed by atoms with Gasteiger partial charge in [-0.05, 0) is 23.6 Å². The van der Waals surface area contributed by atoms with Crippen molar-refractivity contribution in [1.29, 1.82) is 0 Å². The quantitative estimate of drug-likeness (QED) is 0.772. The third-order valence-corrected chi connectivity index (χ3v) is 3.55. The van der Waals surface area contributed by atoms with Crippen LogP contribution in [0.4, 0.5) is 0 Å². The molecule has 0 N–H and O–H groups in total. The van der Waals surface area contributed by atoms with Crippen LogP contribution in [0, 0.1) is 7.11 Å². The Bertz CT molecular complexity index is 452. The maximum atomic E-state index is 11.5. The first-order valence-electron chi connectivity index (χ1n) is 4.37. The fraction of sp³-hybridized carbons (Fsp3) is 0.300. The van der Waals surface area contributed by atoms with Crippen molar-refractivity contribution in [3.8, 4) is 0 Å². The maximum Gasteiger partial charge on any atom is 0.297 e. The second-order valence-electron chi connectivity index (χ2n) is 3.38. The largest absolute Gasteiger partial charge is 0.297 e. The highest BCUT2D eigenvalue weighted by atomic mass is 35.5. The summed E-state index contributed by atoms with van der Waals surface area (Å²) in [5, 5.41) is 0.420. The molecule has 0 spiro atoms. The number of benzene rings is 1. The van der Waals surface area contributed by atoms with Gasteiger partial charge < -0.3 is 0 Å². The molecule has 0 amide bonds. The summed E-state index contributed by atoms with van der Waals surface area (Å²) in [5.41, 5.74) is 0.558. The highest BCUT2D eigenvalue weighted by molar-refractivity contribution is 7.86. The van der Waals surface area contributed by atoms with Crippen molar-refractivity contribution in [2.75, 3.05) is 0 Å². The molecule has 0 heterocycles. The predicted molar refractivity (Wildman–Crippen MR) is 59.2 cm³/mol.